The zero-order valence-corrected chi connectivity index (χ0v) is 4.66. The monoisotopic (exact) mass is 121 g/mol. The lowest BCUT2D eigenvalue weighted by molar-refractivity contribution is -0.854. The second-order valence-corrected chi connectivity index (χ2v) is 1.44. The summed E-state index contributed by atoms with van der Waals surface area (Å²) in [6, 6.07) is 0. The Morgan fingerprint density at radius 3 is 2.25 bits per heavy atom. The Kier molecular flexibility index (Phi) is 2.86. The van der Waals surface area contributed by atoms with Crippen LogP contribution in [0, 0.1) is 10.1 Å². The van der Waals surface area contributed by atoms with Crippen molar-refractivity contribution in [3.05, 3.63) is 10.1 Å². The minimum atomic E-state index is -1.00. The molecule has 0 bridgehead atoms. The Morgan fingerprint density at radius 1 is 1.62 bits per heavy atom. The van der Waals surface area contributed by atoms with Crippen LogP contribution in [0.25, 0.3) is 0 Å². The Hall–Kier alpha value is -0.840. The van der Waals surface area contributed by atoms with Gasteiger partial charge in [-0.15, -0.1) is 15.1 Å². The van der Waals surface area contributed by atoms with E-state index in [-0.39, 0.29) is 6.10 Å². The summed E-state index contributed by atoms with van der Waals surface area (Å²) >= 11 is 0. The van der Waals surface area contributed by atoms with E-state index in [4.69, 9.17) is 0 Å². The number of rotatable bonds is 3. The van der Waals surface area contributed by atoms with Gasteiger partial charge in [-0.25, -0.2) is 0 Å². The quantitative estimate of drug-likeness (QED) is 0.310. The molecule has 0 aromatic carbocycles. The molecule has 0 aliphatic rings. The Balaban J connectivity index is 3.05. The van der Waals surface area contributed by atoms with Crippen molar-refractivity contribution in [3.8, 4) is 0 Å². The Labute approximate surface area is 46.2 Å². The summed E-state index contributed by atoms with van der Waals surface area (Å²) in [5, 5.41) is 8.36. The van der Waals surface area contributed by atoms with Gasteiger partial charge in [0.25, 0.3) is 0 Å². The molecule has 0 amide bonds. The lowest BCUT2D eigenvalue weighted by Crippen LogP contribution is -2.07. The maximum Gasteiger partial charge on any atom is 0.322 e. The van der Waals surface area contributed by atoms with E-state index in [1.165, 1.54) is 0 Å². The molecule has 5 nitrogen and oxygen atoms in total. The lowest BCUT2D eigenvalue weighted by Gasteiger charge is -1.99. The smallest absolute Gasteiger partial charge is 0.196 e. The molecule has 0 unspecified atom stereocenters. The van der Waals surface area contributed by atoms with Gasteiger partial charge >= 0.3 is 5.09 Å². The van der Waals surface area contributed by atoms with E-state index in [0.717, 1.165) is 0 Å². The normalized spacial score (nSPS) is 9.38. The highest BCUT2D eigenvalue weighted by molar-refractivity contribution is 4.24. The average Bonchev–Trinajstić information content (AvgIpc) is 1.61. The first kappa shape index (κ1) is 7.16. The third-order valence-electron chi connectivity index (χ3n) is 0.296. The van der Waals surface area contributed by atoms with Crippen LogP contribution in [0.3, 0.4) is 0 Å². The molecule has 8 heavy (non-hydrogen) atoms. The predicted molar refractivity (Wildman–Crippen MR) is 24.3 cm³/mol. The average molecular weight is 121 g/mol. The van der Waals surface area contributed by atoms with Crippen molar-refractivity contribution in [2.24, 2.45) is 0 Å². The second kappa shape index (κ2) is 3.20. The van der Waals surface area contributed by atoms with Crippen LogP contribution in [-0.4, -0.2) is 11.2 Å². The molecule has 0 radical (unpaired) electrons. The number of hydrogen-bond donors (Lipinski definition) is 0. The fourth-order valence-electron chi connectivity index (χ4n) is 0.121. The van der Waals surface area contributed by atoms with E-state index in [9.17, 15) is 10.1 Å². The molecule has 0 atom stereocenters. The van der Waals surface area contributed by atoms with Crippen molar-refractivity contribution in [1.82, 2.24) is 0 Å². The third-order valence-corrected chi connectivity index (χ3v) is 0.296. The van der Waals surface area contributed by atoms with Gasteiger partial charge in [0.1, 0.15) is 0 Å². The molecule has 48 valence electrons. The van der Waals surface area contributed by atoms with Crippen molar-refractivity contribution in [2.75, 3.05) is 0 Å². The SMILES string of the molecule is CC(C)OO[N+](=O)[O-]. The van der Waals surface area contributed by atoms with Gasteiger partial charge < -0.3 is 0 Å². The summed E-state index contributed by atoms with van der Waals surface area (Å²) < 4.78 is 0. The molecule has 0 spiro atoms. The Bertz CT molecular complexity index is 81.4. The maximum absolute atomic E-state index is 9.36. The summed E-state index contributed by atoms with van der Waals surface area (Å²) in [4.78, 5) is 17.0. The first-order chi connectivity index (χ1) is 3.63. The maximum atomic E-state index is 9.36. The molecule has 0 N–H and O–H groups in total. The molecular formula is C3H7NO4. The minimum Gasteiger partial charge on any atom is -0.196 e. The van der Waals surface area contributed by atoms with Crippen molar-refractivity contribution in [3.63, 3.8) is 0 Å². The van der Waals surface area contributed by atoms with E-state index in [1.807, 2.05) is 0 Å². The topological polar surface area (TPSA) is 61.6 Å². The minimum absolute atomic E-state index is 0.277. The van der Waals surface area contributed by atoms with Crippen LogP contribution >= 0.6 is 0 Å². The summed E-state index contributed by atoms with van der Waals surface area (Å²) in [7, 11) is 0. The van der Waals surface area contributed by atoms with E-state index >= 15 is 0 Å². The molecule has 0 saturated carbocycles. The van der Waals surface area contributed by atoms with Gasteiger partial charge in [0.15, 0.2) is 0 Å². The highest BCUT2D eigenvalue weighted by Gasteiger charge is 1.96. The van der Waals surface area contributed by atoms with Gasteiger partial charge in [0.05, 0.1) is 6.10 Å². The molecule has 0 aliphatic carbocycles. The van der Waals surface area contributed by atoms with Crippen LogP contribution in [0.5, 0.6) is 0 Å². The molecule has 0 aromatic heterocycles. The summed E-state index contributed by atoms with van der Waals surface area (Å²) in [5.41, 5.74) is 0. The summed E-state index contributed by atoms with van der Waals surface area (Å²) in [6.45, 7) is 3.26. The van der Waals surface area contributed by atoms with Crippen LogP contribution in [0.1, 0.15) is 13.8 Å². The predicted octanol–water partition coefficient (Wildman–Crippen LogP) is 0.535. The summed E-state index contributed by atoms with van der Waals surface area (Å²) in [6.07, 6.45) is -0.277. The van der Waals surface area contributed by atoms with Crippen molar-refractivity contribution >= 4 is 0 Å². The van der Waals surface area contributed by atoms with Crippen molar-refractivity contribution in [2.45, 2.75) is 20.0 Å². The summed E-state index contributed by atoms with van der Waals surface area (Å²) in [5.74, 6) is 0. The van der Waals surface area contributed by atoms with Gasteiger partial charge in [0, 0.05) is 0 Å². The van der Waals surface area contributed by atoms with Crippen LogP contribution in [0.2, 0.25) is 0 Å². The van der Waals surface area contributed by atoms with Gasteiger partial charge in [-0.05, 0) is 13.8 Å². The van der Waals surface area contributed by atoms with Gasteiger partial charge in [-0.2, -0.15) is 4.89 Å². The molecule has 0 aliphatic heterocycles. The zero-order valence-electron chi connectivity index (χ0n) is 4.66. The van der Waals surface area contributed by atoms with Crippen LogP contribution in [-0.2, 0) is 9.88 Å². The molecule has 0 aromatic rings. The van der Waals surface area contributed by atoms with Crippen LogP contribution in [0.4, 0.5) is 0 Å². The molecule has 0 saturated heterocycles. The van der Waals surface area contributed by atoms with E-state index in [0.29, 0.717) is 0 Å². The Morgan fingerprint density at radius 2 is 2.12 bits per heavy atom. The largest absolute Gasteiger partial charge is 0.322 e. The molecule has 0 fully saturated rings. The van der Waals surface area contributed by atoms with Gasteiger partial charge in [-0.1, -0.05) is 0 Å². The fourth-order valence-corrected chi connectivity index (χ4v) is 0.121. The fraction of sp³-hybridized carbons (Fsp3) is 1.00. The second-order valence-electron chi connectivity index (χ2n) is 1.44. The number of hydrogen-bond acceptors (Lipinski definition) is 4. The molecule has 0 heterocycles. The van der Waals surface area contributed by atoms with E-state index in [1.54, 1.807) is 13.8 Å². The number of nitrogens with zero attached hydrogens (tertiary/aromatic N) is 1. The van der Waals surface area contributed by atoms with Gasteiger partial charge in [0.2, 0.25) is 0 Å². The molecular weight excluding hydrogens is 114 g/mol. The highest BCUT2D eigenvalue weighted by atomic mass is 17.3. The third kappa shape index (κ3) is 5.16. The zero-order chi connectivity index (χ0) is 6.57. The van der Waals surface area contributed by atoms with Crippen LogP contribution < -0.4 is 0 Å². The first-order valence-electron chi connectivity index (χ1n) is 2.10. The van der Waals surface area contributed by atoms with Crippen LogP contribution in [0.15, 0.2) is 0 Å². The van der Waals surface area contributed by atoms with Gasteiger partial charge in [-0.3, -0.25) is 0 Å². The standard InChI is InChI=1S/C3H7NO4/c1-3(2)7-8-4(5)6/h3H,1-2H3. The van der Waals surface area contributed by atoms with E-state index < -0.39 is 5.09 Å². The highest BCUT2D eigenvalue weighted by Crippen LogP contribution is 1.87. The lowest BCUT2D eigenvalue weighted by atomic mass is 10.5. The first-order valence-corrected chi connectivity index (χ1v) is 2.10. The molecule has 5 heteroatoms. The molecule has 0 rings (SSSR count). The van der Waals surface area contributed by atoms with Crippen molar-refractivity contribution in [1.29, 1.82) is 0 Å². The van der Waals surface area contributed by atoms with Crippen molar-refractivity contribution < 1.29 is 15.0 Å². The van der Waals surface area contributed by atoms with E-state index in [2.05, 4.69) is 9.88 Å².